The standard InChI is InChI=1S/C19H14BrN3O2/c20-15-4-1-3-14(11-15)7-8-18(24)23-16-5-2-6-17(12-16)25-19-13-21-9-10-22-19/h1-13H,(H,23,24)/b8-7+. The van der Waals surface area contributed by atoms with E-state index in [1.807, 2.05) is 24.3 Å². The number of aromatic nitrogens is 2. The molecule has 6 heteroatoms. The van der Waals surface area contributed by atoms with Crippen molar-refractivity contribution in [3.63, 3.8) is 0 Å². The summed E-state index contributed by atoms with van der Waals surface area (Å²) in [5.41, 5.74) is 1.56. The summed E-state index contributed by atoms with van der Waals surface area (Å²) in [6.07, 6.45) is 7.87. The van der Waals surface area contributed by atoms with E-state index < -0.39 is 0 Å². The highest BCUT2D eigenvalue weighted by molar-refractivity contribution is 9.10. The van der Waals surface area contributed by atoms with E-state index in [2.05, 4.69) is 31.2 Å². The highest BCUT2D eigenvalue weighted by Gasteiger charge is 2.02. The SMILES string of the molecule is O=C(/C=C/c1cccc(Br)c1)Nc1cccc(Oc2cnccn2)c1. The number of hydrogen-bond donors (Lipinski definition) is 1. The second kappa shape index (κ2) is 8.21. The van der Waals surface area contributed by atoms with Gasteiger partial charge in [-0.15, -0.1) is 0 Å². The number of ether oxygens (including phenoxy) is 1. The minimum atomic E-state index is -0.225. The van der Waals surface area contributed by atoms with Crippen LogP contribution >= 0.6 is 15.9 Å². The van der Waals surface area contributed by atoms with Crippen LogP contribution in [-0.4, -0.2) is 15.9 Å². The lowest BCUT2D eigenvalue weighted by Crippen LogP contribution is -2.07. The first kappa shape index (κ1) is 16.9. The van der Waals surface area contributed by atoms with Gasteiger partial charge in [-0.3, -0.25) is 9.78 Å². The van der Waals surface area contributed by atoms with Crippen LogP contribution in [0.15, 0.2) is 77.7 Å². The third-order valence-electron chi connectivity index (χ3n) is 3.14. The van der Waals surface area contributed by atoms with E-state index in [1.165, 1.54) is 12.3 Å². The zero-order valence-corrected chi connectivity index (χ0v) is 14.7. The van der Waals surface area contributed by atoms with E-state index in [9.17, 15) is 4.79 Å². The third kappa shape index (κ3) is 5.26. The molecule has 3 aromatic rings. The molecule has 2 aromatic carbocycles. The van der Waals surface area contributed by atoms with Gasteiger partial charge in [0, 0.05) is 34.7 Å². The molecule has 3 rings (SSSR count). The summed E-state index contributed by atoms with van der Waals surface area (Å²) in [5, 5.41) is 2.80. The van der Waals surface area contributed by atoms with Gasteiger partial charge < -0.3 is 10.1 Å². The fourth-order valence-corrected chi connectivity index (χ4v) is 2.48. The Hall–Kier alpha value is -2.99. The van der Waals surface area contributed by atoms with Crippen LogP contribution in [0.3, 0.4) is 0 Å². The lowest BCUT2D eigenvalue weighted by Gasteiger charge is -2.07. The zero-order valence-electron chi connectivity index (χ0n) is 13.1. The van der Waals surface area contributed by atoms with Gasteiger partial charge in [0.25, 0.3) is 0 Å². The van der Waals surface area contributed by atoms with Crippen molar-refractivity contribution in [2.45, 2.75) is 0 Å². The number of rotatable bonds is 5. The van der Waals surface area contributed by atoms with Gasteiger partial charge in [0.15, 0.2) is 0 Å². The Morgan fingerprint density at radius 3 is 2.80 bits per heavy atom. The third-order valence-corrected chi connectivity index (χ3v) is 3.63. The lowest BCUT2D eigenvalue weighted by molar-refractivity contribution is -0.111. The Morgan fingerprint density at radius 1 is 1.12 bits per heavy atom. The molecule has 0 atom stereocenters. The molecule has 0 bridgehead atoms. The van der Waals surface area contributed by atoms with Crippen molar-refractivity contribution in [1.29, 1.82) is 0 Å². The maximum absolute atomic E-state index is 12.1. The Kier molecular flexibility index (Phi) is 5.53. The quantitative estimate of drug-likeness (QED) is 0.636. The van der Waals surface area contributed by atoms with Gasteiger partial charge >= 0.3 is 0 Å². The summed E-state index contributed by atoms with van der Waals surface area (Å²) in [6.45, 7) is 0. The van der Waals surface area contributed by atoms with Gasteiger partial charge in [-0.2, -0.15) is 0 Å². The highest BCUT2D eigenvalue weighted by atomic mass is 79.9. The maximum Gasteiger partial charge on any atom is 0.248 e. The molecule has 0 aliphatic carbocycles. The number of carbonyl (C=O) groups excluding carboxylic acids is 1. The molecular weight excluding hydrogens is 382 g/mol. The smallest absolute Gasteiger partial charge is 0.248 e. The first-order chi connectivity index (χ1) is 12.2. The zero-order chi connectivity index (χ0) is 17.5. The van der Waals surface area contributed by atoms with Crippen molar-refractivity contribution in [3.05, 3.63) is 83.2 Å². The van der Waals surface area contributed by atoms with Crippen molar-refractivity contribution in [2.75, 3.05) is 5.32 Å². The Labute approximate surface area is 153 Å². The maximum atomic E-state index is 12.1. The molecule has 1 heterocycles. The van der Waals surface area contributed by atoms with Gasteiger partial charge in [0.1, 0.15) is 5.75 Å². The summed E-state index contributed by atoms with van der Waals surface area (Å²) < 4.78 is 6.56. The van der Waals surface area contributed by atoms with Crippen molar-refractivity contribution in [3.8, 4) is 11.6 Å². The topological polar surface area (TPSA) is 64.1 Å². The number of benzene rings is 2. The Bertz CT molecular complexity index is 898. The van der Waals surface area contributed by atoms with Gasteiger partial charge in [-0.05, 0) is 35.9 Å². The molecule has 0 radical (unpaired) electrons. The van der Waals surface area contributed by atoms with Gasteiger partial charge in [-0.1, -0.05) is 34.1 Å². The van der Waals surface area contributed by atoms with Crippen LogP contribution in [0.25, 0.3) is 6.08 Å². The average molecular weight is 396 g/mol. The van der Waals surface area contributed by atoms with Crippen LogP contribution in [0.2, 0.25) is 0 Å². The van der Waals surface area contributed by atoms with Gasteiger partial charge in [0.05, 0.1) is 6.20 Å². The van der Waals surface area contributed by atoms with Crippen LogP contribution in [0.1, 0.15) is 5.56 Å². The number of hydrogen-bond acceptors (Lipinski definition) is 4. The molecule has 1 amide bonds. The van der Waals surface area contributed by atoms with Crippen LogP contribution < -0.4 is 10.1 Å². The molecule has 25 heavy (non-hydrogen) atoms. The Morgan fingerprint density at radius 2 is 2.00 bits per heavy atom. The minimum absolute atomic E-state index is 0.225. The van der Waals surface area contributed by atoms with E-state index in [-0.39, 0.29) is 5.91 Å². The number of anilines is 1. The molecule has 0 saturated heterocycles. The van der Waals surface area contributed by atoms with E-state index in [0.29, 0.717) is 17.3 Å². The highest BCUT2D eigenvalue weighted by Crippen LogP contribution is 2.22. The minimum Gasteiger partial charge on any atom is -0.437 e. The molecule has 0 unspecified atom stereocenters. The van der Waals surface area contributed by atoms with E-state index >= 15 is 0 Å². The fourth-order valence-electron chi connectivity index (χ4n) is 2.06. The number of amides is 1. The van der Waals surface area contributed by atoms with E-state index in [0.717, 1.165) is 10.0 Å². The second-order valence-corrected chi connectivity index (χ2v) is 5.97. The molecule has 1 aromatic heterocycles. The molecular formula is C19H14BrN3O2. The predicted octanol–water partition coefficient (Wildman–Crippen LogP) is 4.68. The number of nitrogens with zero attached hydrogens (tertiary/aromatic N) is 2. The lowest BCUT2D eigenvalue weighted by atomic mass is 10.2. The number of nitrogens with one attached hydrogen (secondary N) is 1. The molecule has 0 fully saturated rings. The summed E-state index contributed by atoms with van der Waals surface area (Å²) in [5.74, 6) is 0.728. The molecule has 5 nitrogen and oxygen atoms in total. The molecule has 0 aliphatic rings. The Balaban J connectivity index is 1.64. The summed E-state index contributed by atoms with van der Waals surface area (Å²) >= 11 is 3.40. The molecule has 124 valence electrons. The van der Waals surface area contributed by atoms with Crippen LogP contribution in [0.5, 0.6) is 11.6 Å². The van der Waals surface area contributed by atoms with Crippen molar-refractivity contribution < 1.29 is 9.53 Å². The normalized spacial score (nSPS) is 10.6. The van der Waals surface area contributed by atoms with Crippen molar-refractivity contribution in [2.24, 2.45) is 0 Å². The van der Waals surface area contributed by atoms with E-state index in [1.54, 1.807) is 42.7 Å². The van der Waals surface area contributed by atoms with Gasteiger partial charge in [0.2, 0.25) is 11.8 Å². The van der Waals surface area contributed by atoms with Gasteiger partial charge in [-0.25, -0.2) is 4.98 Å². The van der Waals surface area contributed by atoms with Crippen molar-refractivity contribution in [1.82, 2.24) is 9.97 Å². The number of halogens is 1. The second-order valence-electron chi connectivity index (χ2n) is 5.05. The largest absolute Gasteiger partial charge is 0.437 e. The van der Waals surface area contributed by atoms with Crippen LogP contribution in [-0.2, 0) is 4.79 Å². The summed E-state index contributed by atoms with van der Waals surface area (Å²) in [6, 6.07) is 14.8. The molecule has 0 spiro atoms. The summed E-state index contributed by atoms with van der Waals surface area (Å²) in [7, 11) is 0. The van der Waals surface area contributed by atoms with Crippen molar-refractivity contribution >= 4 is 33.6 Å². The van der Waals surface area contributed by atoms with E-state index in [4.69, 9.17) is 4.74 Å². The van der Waals surface area contributed by atoms with Crippen LogP contribution in [0, 0.1) is 0 Å². The summed E-state index contributed by atoms with van der Waals surface area (Å²) in [4.78, 5) is 20.1. The molecule has 1 N–H and O–H groups in total. The fraction of sp³-hybridized carbons (Fsp3) is 0. The predicted molar refractivity (Wildman–Crippen MR) is 100 cm³/mol. The molecule has 0 saturated carbocycles. The first-order valence-corrected chi connectivity index (χ1v) is 8.27. The first-order valence-electron chi connectivity index (χ1n) is 7.47. The van der Waals surface area contributed by atoms with Crippen LogP contribution in [0.4, 0.5) is 5.69 Å². The number of carbonyl (C=O) groups is 1. The monoisotopic (exact) mass is 395 g/mol. The molecule has 0 aliphatic heterocycles. The average Bonchev–Trinajstić information content (AvgIpc) is 2.61.